The first-order valence-electron chi connectivity index (χ1n) is 9.86. The van der Waals surface area contributed by atoms with E-state index in [-0.39, 0.29) is 0 Å². The molecule has 0 bridgehead atoms. The summed E-state index contributed by atoms with van der Waals surface area (Å²) < 4.78 is 5.46. The standard InChI is InChI=1S/C21H28N4O3S/c1-28-19-8-3-2-7-18(19)25-13-11-24(12-14-25)10-5-9-22-20(26)21(27)23-16-17-6-4-15-29-17/h2-4,6-8,15H,5,9-14,16H2,1H3,(H,22,26)(H,23,27). The van der Waals surface area contributed by atoms with Crippen molar-refractivity contribution in [1.82, 2.24) is 15.5 Å². The van der Waals surface area contributed by atoms with Crippen LogP contribution < -0.4 is 20.3 Å². The summed E-state index contributed by atoms with van der Waals surface area (Å²) in [6.45, 7) is 5.60. The van der Waals surface area contributed by atoms with E-state index in [1.54, 1.807) is 18.4 Å². The van der Waals surface area contributed by atoms with Gasteiger partial charge in [0.1, 0.15) is 5.75 Å². The minimum Gasteiger partial charge on any atom is -0.495 e. The predicted octanol–water partition coefficient (Wildman–Crippen LogP) is 1.70. The summed E-state index contributed by atoms with van der Waals surface area (Å²) in [5, 5.41) is 7.28. The molecule has 1 aromatic heterocycles. The summed E-state index contributed by atoms with van der Waals surface area (Å²) in [6, 6.07) is 11.9. The highest BCUT2D eigenvalue weighted by atomic mass is 32.1. The number of amides is 2. The Morgan fingerprint density at radius 3 is 2.52 bits per heavy atom. The minimum atomic E-state index is -0.580. The summed E-state index contributed by atoms with van der Waals surface area (Å²) in [7, 11) is 1.70. The molecule has 1 fully saturated rings. The van der Waals surface area contributed by atoms with Crippen molar-refractivity contribution in [3.63, 3.8) is 0 Å². The molecule has 0 radical (unpaired) electrons. The molecule has 1 aromatic carbocycles. The van der Waals surface area contributed by atoms with Crippen LogP contribution in [0.4, 0.5) is 5.69 Å². The molecule has 156 valence electrons. The molecule has 8 heteroatoms. The van der Waals surface area contributed by atoms with Crippen molar-refractivity contribution >= 4 is 28.8 Å². The fraction of sp³-hybridized carbons (Fsp3) is 0.429. The first kappa shape index (κ1) is 21.1. The van der Waals surface area contributed by atoms with E-state index in [1.807, 2.05) is 35.7 Å². The number of carbonyl (C=O) groups excluding carboxylic acids is 2. The SMILES string of the molecule is COc1ccccc1N1CCN(CCCNC(=O)C(=O)NCc2cccs2)CC1. The number of nitrogens with zero attached hydrogens (tertiary/aromatic N) is 2. The van der Waals surface area contributed by atoms with Crippen molar-refractivity contribution in [2.24, 2.45) is 0 Å². The lowest BCUT2D eigenvalue weighted by atomic mass is 10.2. The Morgan fingerprint density at radius 1 is 1.03 bits per heavy atom. The van der Waals surface area contributed by atoms with Crippen molar-refractivity contribution in [1.29, 1.82) is 0 Å². The molecular weight excluding hydrogens is 388 g/mol. The van der Waals surface area contributed by atoms with Gasteiger partial charge in [0.05, 0.1) is 19.3 Å². The van der Waals surface area contributed by atoms with Crippen LogP contribution in [0, 0.1) is 0 Å². The van der Waals surface area contributed by atoms with Gasteiger partial charge in [-0.2, -0.15) is 0 Å². The average Bonchev–Trinajstić information content (AvgIpc) is 3.29. The van der Waals surface area contributed by atoms with Crippen LogP contribution in [0.3, 0.4) is 0 Å². The number of para-hydroxylation sites is 2. The lowest BCUT2D eigenvalue weighted by Gasteiger charge is -2.36. The zero-order chi connectivity index (χ0) is 20.5. The Hall–Kier alpha value is -2.58. The molecule has 3 rings (SSSR count). The lowest BCUT2D eigenvalue weighted by molar-refractivity contribution is -0.139. The quantitative estimate of drug-likeness (QED) is 0.506. The number of ether oxygens (including phenoxy) is 1. The normalized spacial score (nSPS) is 14.4. The molecule has 0 unspecified atom stereocenters. The number of piperazine rings is 1. The molecule has 0 atom stereocenters. The van der Waals surface area contributed by atoms with E-state index in [0.717, 1.165) is 55.5 Å². The lowest BCUT2D eigenvalue weighted by Crippen LogP contribution is -2.47. The number of carbonyl (C=O) groups is 2. The second-order valence-electron chi connectivity index (χ2n) is 6.87. The molecule has 1 saturated heterocycles. The van der Waals surface area contributed by atoms with Crippen molar-refractivity contribution in [3.8, 4) is 5.75 Å². The number of thiophene rings is 1. The van der Waals surface area contributed by atoms with Crippen LogP contribution in [-0.4, -0.2) is 63.1 Å². The number of anilines is 1. The molecule has 2 amide bonds. The maximum atomic E-state index is 11.9. The monoisotopic (exact) mass is 416 g/mol. The van der Waals surface area contributed by atoms with Crippen molar-refractivity contribution < 1.29 is 14.3 Å². The van der Waals surface area contributed by atoms with Crippen LogP contribution in [0.1, 0.15) is 11.3 Å². The highest BCUT2D eigenvalue weighted by Crippen LogP contribution is 2.28. The topological polar surface area (TPSA) is 73.9 Å². The first-order valence-corrected chi connectivity index (χ1v) is 10.7. The molecule has 29 heavy (non-hydrogen) atoms. The second-order valence-corrected chi connectivity index (χ2v) is 7.90. The van der Waals surface area contributed by atoms with Crippen LogP contribution in [0.2, 0.25) is 0 Å². The molecule has 0 spiro atoms. The van der Waals surface area contributed by atoms with Crippen LogP contribution in [0.5, 0.6) is 5.75 Å². The molecule has 2 aromatic rings. The van der Waals surface area contributed by atoms with Crippen molar-refractivity contribution in [2.75, 3.05) is 51.3 Å². The van der Waals surface area contributed by atoms with E-state index in [9.17, 15) is 9.59 Å². The Morgan fingerprint density at radius 2 is 1.79 bits per heavy atom. The van der Waals surface area contributed by atoms with E-state index in [0.29, 0.717) is 13.1 Å². The molecule has 2 heterocycles. The number of hydrogen-bond donors (Lipinski definition) is 2. The molecule has 1 aliphatic heterocycles. The van der Waals surface area contributed by atoms with E-state index in [2.05, 4.69) is 26.5 Å². The molecule has 2 N–H and O–H groups in total. The van der Waals surface area contributed by atoms with Gasteiger partial charge in [0.2, 0.25) is 0 Å². The Kier molecular flexibility index (Phi) is 7.89. The fourth-order valence-corrected chi connectivity index (χ4v) is 3.99. The van der Waals surface area contributed by atoms with Crippen LogP contribution >= 0.6 is 11.3 Å². The highest BCUT2D eigenvalue weighted by molar-refractivity contribution is 7.09. The van der Waals surface area contributed by atoms with Gasteiger partial charge in [0, 0.05) is 37.6 Å². The van der Waals surface area contributed by atoms with Gasteiger partial charge in [-0.05, 0) is 36.5 Å². The average molecular weight is 417 g/mol. The first-order chi connectivity index (χ1) is 14.2. The minimum absolute atomic E-state index is 0.389. The van der Waals surface area contributed by atoms with E-state index in [4.69, 9.17) is 4.74 Å². The zero-order valence-electron chi connectivity index (χ0n) is 16.7. The largest absolute Gasteiger partial charge is 0.495 e. The van der Waals surface area contributed by atoms with Crippen molar-refractivity contribution in [3.05, 3.63) is 46.7 Å². The number of methoxy groups -OCH3 is 1. The fourth-order valence-electron chi connectivity index (χ4n) is 3.35. The van der Waals surface area contributed by atoms with Crippen LogP contribution in [0.15, 0.2) is 41.8 Å². The number of hydrogen-bond acceptors (Lipinski definition) is 6. The van der Waals surface area contributed by atoms with Gasteiger partial charge >= 0.3 is 11.8 Å². The Labute approximate surface area is 175 Å². The van der Waals surface area contributed by atoms with E-state index in [1.165, 1.54) is 0 Å². The molecule has 1 aliphatic rings. The molecule has 0 aliphatic carbocycles. The van der Waals surface area contributed by atoms with Gasteiger partial charge in [-0.1, -0.05) is 18.2 Å². The summed E-state index contributed by atoms with van der Waals surface area (Å²) in [4.78, 5) is 29.4. The summed E-state index contributed by atoms with van der Waals surface area (Å²) in [5.41, 5.74) is 1.13. The van der Waals surface area contributed by atoms with Crippen molar-refractivity contribution in [2.45, 2.75) is 13.0 Å². The van der Waals surface area contributed by atoms with Crippen LogP contribution in [0.25, 0.3) is 0 Å². The third kappa shape index (κ3) is 6.20. The predicted molar refractivity (Wildman–Crippen MR) is 115 cm³/mol. The third-order valence-corrected chi connectivity index (χ3v) is 5.82. The van der Waals surface area contributed by atoms with Gasteiger partial charge in [-0.25, -0.2) is 0 Å². The highest BCUT2D eigenvalue weighted by Gasteiger charge is 2.19. The number of benzene rings is 1. The van der Waals surface area contributed by atoms with E-state index >= 15 is 0 Å². The maximum Gasteiger partial charge on any atom is 0.309 e. The van der Waals surface area contributed by atoms with Crippen LogP contribution in [-0.2, 0) is 16.1 Å². The van der Waals surface area contributed by atoms with Gasteiger partial charge < -0.3 is 20.3 Å². The van der Waals surface area contributed by atoms with Gasteiger partial charge in [-0.3, -0.25) is 14.5 Å². The van der Waals surface area contributed by atoms with Gasteiger partial charge in [0.15, 0.2) is 0 Å². The Balaban J connectivity index is 1.30. The summed E-state index contributed by atoms with van der Waals surface area (Å²) in [6.07, 6.45) is 0.818. The molecule has 7 nitrogen and oxygen atoms in total. The molecule has 0 saturated carbocycles. The third-order valence-electron chi connectivity index (χ3n) is 4.94. The smallest absolute Gasteiger partial charge is 0.309 e. The number of rotatable bonds is 8. The van der Waals surface area contributed by atoms with Gasteiger partial charge in [0.25, 0.3) is 0 Å². The second kappa shape index (κ2) is 10.8. The zero-order valence-corrected chi connectivity index (χ0v) is 17.5. The summed E-state index contributed by atoms with van der Waals surface area (Å²) in [5.74, 6) is -0.243. The summed E-state index contributed by atoms with van der Waals surface area (Å²) >= 11 is 1.55. The Bertz CT molecular complexity index is 789. The van der Waals surface area contributed by atoms with Gasteiger partial charge in [-0.15, -0.1) is 11.3 Å². The number of nitrogens with one attached hydrogen (secondary N) is 2. The maximum absolute atomic E-state index is 11.9. The van der Waals surface area contributed by atoms with E-state index < -0.39 is 11.8 Å². The molecular formula is C21H28N4O3S.